The van der Waals surface area contributed by atoms with Crippen molar-refractivity contribution in [2.24, 2.45) is 0 Å². The second-order valence-corrected chi connectivity index (χ2v) is 3.82. The monoisotopic (exact) mass is 189 g/mol. The van der Waals surface area contributed by atoms with Crippen LogP contribution in [-0.4, -0.2) is 48.2 Å². The predicted molar refractivity (Wildman–Crippen MR) is 49.6 cm³/mol. The van der Waals surface area contributed by atoms with E-state index in [1.165, 1.54) is 0 Å². The Bertz CT molecular complexity index is 144. The molecule has 78 valence electrons. The maximum Gasteiger partial charge on any atom is 0.0815 e. The normalized spacial score (nSPS) is 24.2. The number of ether oxygens (including phenoxy) is 1. The van der Waals surface area contributed by atoms with E-state index in [2.05, 4.69) is 5.32 Å². The van der Waals surface area contributed by atoms with Crippen LogP contribution in [0.1, 0.15) is 19.8 Å². The van der Waals surface area contributed by atoms with E-state index in [9.17, 15) is 5.11 Å². The van der Waals surface area contributed by atoms with Crippen molar-refractivity contribution in [2.45, 2.75) is 31.5 Å². The summed E-state index contributed by atoms with van der Waals surface area (Å²) in [5, 5.41) is 22.0. The topological polar surface area (TPSA) is 61.7 Å². The average molecular weight is 189 g/mol. The van der Waals surface area contributed by atoms with Crippen LogP contribution in [0.3, 0.4) is 0 Å². The molecule has 1 aliphatic heterocycles. The average Bonchev–Trinajstić information content (AvgIpc) is 2.04. The van der Waals surface area contributed by atoms with Gasteiger partial charge in [-0.15, -0.1) is 0 Å². The Kier molecular flexibility index (Phi) is 4.12. The second kappa shape index (κ2) is 4.91. The van der Waals surface area contributed by atoms with Gasteiger partial charge in [0.15, 0.2) is 0 Å². The van der Waals surface area contributed by atoms with Gasteiger partial charge >= 0.3 is 0 Å². The van der Waals surface area contributed by atoms with Gasteiger partial charge in [0, 0.05) is 39.1 Å². The van der Waals surface area contributed by atoms with Gasteiger partial charge < -0.3 is 20.3 Å². The van der Waals surface area contributed by atoms with E-state index in [-0.39, 0.29) is 6.10 Å². The molecule has 1 heterocycles. The van der Waals surface area contributed by atoms with Gasteiger partial charge in [0.2, 0.25) is 0 Å². The number of nitrogens with one attached hydrogen (secondary N) is 1. The van der Waals surface area contributed by atoms with Crippen molar-refractivity contribution in [1.29, 1.82) is 0 Å². The molecule has 1 aliphatic rings. The number of hydrogen-bond acceptors (Lipinski definition) is 4. The molecule has 1 rings (SSSR count). The molecule has 1 atom stereocenters. The molecule has 1 fully saturated rings. The molecule has 0 unspecified atom stereocenters. The fourth-order valence-electron chi connectivity index (χ4n) is 1.44. The third kappa shape index (κ3) is 4.04. The summed E-state index contributed by atoms with van der Waals surface area (Å²) in [4.78, 5) is 0. The Labute approximate surface area is 78.9 Å². The smallest absolute Gasteiger partial charge is 0.0815 e. The molecule has 4 heteroatoms. The number of aliphatic hydroxyl groups is 2. The van der Waals surface area contributed by atoms with Gasteiger partial charge in [0.05, 0.1) is 11.7 Å². The minimum atomic E-state index is -0.632. The third-order valence-electron chi connectivity index (χ3n) is 2.32. The second-order valence-electron chi connectivity index (χ2n) is 3.82. The first-order chi connectivity index (χ1) is 6.12. The number of aliphatic hydroxyl groups excluding tert-OH is 1. The zero-order chi connectivity index (χ0) is 9.73. The van der Waals surface area contributed by atoms with Gasteiger partial charge in [0.25, 0.3) is 0 Å². The largest absolute Gasteiger partial charge is 0.392 e. The number of hydrogen-bond donors (Lipinski definition) is 3. The number of rotatable bonds is 4. The lowest BCUT2D eigenvalue weighted by molar-refractivity contribution is -0.0622. The van der Waals surface area contributed by atoms with Crippen LogP contribution in [0.25, 0.3) is 0 Å². The minimum absolute atomic E-state index is 0.358. The molecule has 0 saturated carbocycles. The van der Waals surface area contributed by atoms with E-state index in [0.29, 0.717) is 39.1 Å². The lowest BCUT2D eigenvalue weighted by Crippen LogP contribution is -2.46. The first-order valence-electron chi connectivity index (χ1n) is 4.81. The molecule has 1 saturated heterocycles. The van der Waals surface area contributed by atoms with E-state index < -0.39 is 5.60 Å². The first-order valence-corrected chi connectivity index (χ1v) is 4.81. The van der Waals surface area contributed by atoms with Crippen LogP contribution in [0, 0.1) is 0 Å². The molecule has 0 bridgehead atoms. The molecule has 0 amide bonds. The molecule has 3 N–H and O–H groups in total. The highest BCUT2D eigenvalue weighted by Gasteiger charge is 2.29. The fraction of sp³-hybridized carbons (Fsp3) is 1.00. The van der Waals surface area contributed by atoms with Crippen LogP contribution in [0.5, 0.6) is 0 Å². The summed E-state index contributed by atoms with van der Waals surface area (Å²) in [6.07, 6.45) is 1.00. The highest BCUT2D eigenvalue weighted by atomic mass is 16.5. The van der Waals surface area contributed by atoms with Crippen molar-refractivity contribution in [3.63, 3.8) is 0 Å². The third-order valence-corrected chi connectivity index (χ3v) is 2.32. The van der Waals surface area contributed by atoms with Crippen molar-refractivity contribution >= 4 is 0 Å². The maximum absolute atomic E-state index is 9.96. The summed E-state index contributed by atoms with van der Waals surface area (Å²) in [6, 6.07) is 0. The summed E-state index contributed by atoms with van der Waals surface area (Å²) < 4.78 is 5.16. The van der Waals surface area contributed by atoms with Gasteiger partial charge in [-0.1, -0.05) is 0 Å². The van der Waals surface area contributed by atoms with Crippen LogP contribution in [0.2, 0.25) is 0 Å². The highest BCUT2D eigenvalue weighted by molar-refractivity contribution is 4.83. The van der Waals surface area contributed by atoms with Gasteiger partial charge in [-0.2, -0.15) is 0 Å². The van der Waals surface area contributed by atoms with E-state index in [1.54, 1.807) is 6.92 Å². The molecule has 4 nitrogen and oxygen atoms in total. The molecule has 0 aromatic carbocycles. The molecule has 0 spiro atoms. The highest BCUT2D eigenvalue weighted by Crippen LogP contribution is 2.18. The van der Waals surface area contributed by atoms with Gasteiger partial charge in [-0.3, -0.25) is 0 Å². The zero-order valence-corrected chi connectivity index (χ0v) is 8.12. The minimum Gasteiger partial charge on any atom is -0.392 e. The first kappa shape index (κ1) is 10.9. The van der Waals surface area contributed by atoms with E-state index in [4.69, 9.17) is 9.84 Å². The van der Waals surface area contributed by atoms with Gasteiger partial charge in [-0.05, 0) is 6.92 Å². The Morgan fingerprint density at radius 2 is 2.08 bits per heavy atom. The Hall–Kier alpha value is -0.160. The maximum atomic E-state index is 9.96. The molecule has 0 aromatic heterocycles. The quantitative estimate of drug-likeness (QED) is 0.558. The van der Waals surface area contributed by atoms with Gasteiger partial charge in [0.1, 0.15) is 0 Å². The molecular weight excluding hydrogens is 170 g/mol. The van der Waals surface area contributed by atoms with Crippen LogP contribution in [0.4, 0.5) is 0 Å². The van der Waals surface area contributed by atoms with Crippen molar-refractivity contribution in [1.82, 2.24) is 5.32 Å². The summed E-state index contributed by atoms with van der Waals surface area (Å²) >= 11 is 0. The van der Waals surface area contributed by atoms with Crippen molar-refractivity contribution in [3.05, 3.63) is 0 Å². The lowest BCUT2D eigenvalue weighted by Gasteiger charge is -2.32. The molecule has 0 aromatic rings. The van der Waals surface area contributed by atoms with Crippen LogP contribution in [-0.2, 0) is 4.74 Å². The Balaban J connectivity index is 2.17. The standard InChI is InChI=1S/C9H19NO3/c1-8(11)6-10-7-9(12)2-4-13-5-3-9/h8,10-12H,2-7H2,1H3/t8-/m1/s1. The van der Waals surface area contributed by atoms with Crippen molar-refractivity contribution in [3.8, 4) is 0 Å². The molecule has 0 aliphatic carbocycles. The SMILES string of the molecule is C[C@@H](O)CNCC1(O)CCOCC1. The van der Waals surface area contributed by atoms with Crippen molar-refractivity contribution < 1.29 is 14.9 Å². The predicted octanol–water partition coefficient (Wildman–Crippen LogP) is -0.502. The summed E-state index contributed by atoms with van der Waals surface area (Å²) in [6.45, 7) is 4.06. The Morgan fingerprint density at radius 1 is 1.46 bits per heavy atom. The molecule has 13 heavy (non-hydrogen) atoms. The molecular formula is C9H19NO3. The van der Waals surface area contributed by atoms with Crippen LogP contribution in [0.15, 0.2) is 0 Å². The lowest BCUT2D eigenvalue weighted by atomic mass is 9.94. The summed E-state index contributed by atoms with van der Waals surface area (Å²) in [7, 11) is 0. The van der Waals surface area contributed by atoms with Crippen LogP contribution >= 0.6 is 0 Å². The summed E-state index contributed by atoms with van der Waals surface area (Å²) in [5.74, 6) is 0. The zero-order valence-electron chi connectivity index (χ0n) is 8.12. The summed E-state index contributed by atoms with van der Waals surface area (Å²) in [5.41, 5.74) is -0.632. The molecule has 0 radical (unpaired) electrons. The van der Waals surface area contributed by atoms with Gasteiger partial charge in [-0.25, -0.2) is 0 Å². The Morgan fingerprint density at radius 3 is 2.62 bits per heavy atom. The van der Waals surface area contributed by atoms with E-state index in [1.807, 2.05) is 0 Å². The van der Waals surface area contributed by atoms with Crippen molar-refractivity contribution in [2.75, 3.05) is 26.3 Å². The van der Waals surface area contributed by atoms with E-state index >= 15 is 0 Å². The van der Waals surface area contributed by atoms with E-state index in [0.717, 1.165) is 0 Å². The fourth-order valence-corrected chi connectivity index (χ4v) is 1.44. The van der Waals surface area contributed by atoms with Crippen LogP contribution < -0.4 is 5.32 Å².